The summed E-state index contributed by atoms with van der Waals surface area (Å²) in [6, 6.07) is -0.653. The normalized spacial score (nSPS) is 20.8. The smallest absolute Gasteiger partial charge is 0.151 e. The third-order valence-corrected chi connectivity index (χ3v) is 1.93. The molecule has 3 N–H and O–H groups in total. The zero-order valence-electron chi connectivity index (χ0n) is 8.08. The summed E-state index contributed by atoms with van der Waals surface area (Å²) < 4.78 is 0. The number of carbonyl (C=O) groups is 1. The van der Waals surface area contributed by atoms with E-state index in [1.165, 1.54) is 6.92 Å². The van der Waals surface area contributed by atoms with Crippen molar-refractivity contribution in [3.05, 3.63) is 0 Å². The van der Waals surface area contributed by atoms with Crippen molar-refractivity contribution in [3.8, 4) is 0 Å². The lowest BCUT2D eigenvalue weighted by atomic mass is 10.0. The topological polar surface area (TPSA) is 81.0 Å². The Bertz CT molecular complexity index is 152. The fourth-order valence-corrected chi connectivity index (χ4v) is 1.30. The Hall–Kier alpha value is -0.490. The average molecular weight is 191 g/mol. The third kappa shape index (κ3) is 3.40. The molecule has 0 aromatic heterocycles. The first-order valence-electron chi connectivity index (χ1n) is 4.07. The highest BCUT2D eigenvalue weighted by Gasteiger charge is 2.31. The summed E-state index contributed by atoms with van der Waals surface area (Å²) in [5, 5.41) is 27.7. The first-order valence-corrected chi connectivity index (χ1v) is 4.07. The SMILES string of the molecule is C[C@@H](O)[C@@H]([C@H](O)[C@@H](O)C=O)N(C)C. The van der Waals surface area contributed by atoms with E-state index in [1.54, 1.807) is 19.0 Å². The molecule has 0 aliphatic heterocycles. The summed E-state index contributed by atoms with van der Waals surface area (Å²) in [5.41, 5.74) is 0. The minimum atomic E-state index is -1.46. The third-order valence-electron chi connectivity index (χ3n) is 1.93. The molecule has 0 aromatic carbocycles. The predicted molar refractivity (Wildman–Crippen MR) is 47.2 cm³/mol. The minimum Gasteiger partial charge on any atom is -0.392 e. The quantitative estimate of drug-likeness (QED) is 0.448. The van der Waals surface area contributed by atoms with Crippen LogP contribution in [0.5, 0.6) is 0 Å². The van der Waals surface area contributed by atoms with Gasteiger partial charge in [-0.25, -0.2) is 0 Å². The average Bonchev–Trinajstić information content (AvgIpc) is 2.01. The van der Waals surface area contributed by atoms with E-state index in [4.69, 9.17) is 5.11 Å². The van der Waals surface area contributed by atoms with Gasteiger partial charge in [-0.2, -0.15) is 0 Å². The Labute approximate surface area is 77.6 Å². The Morgan fingerprint density at radius 2 is 1.69 bits per heavy atom. The summed E-state index contributed by atoms with van der Waals surface area (Å²) in [7, 11) is 3.30. The Morgan fingerprint density at radius 3 is 1.92 bits per heavy atom. The first-order chi connectivity index (χ1) is 5.91. The largest absolute Gasteiger partial charge is 0.392 e. The van der Waals surface area contributed by atoms with E-state index in [9.17, 15) is 15.0 Å². The summed E-state index contributed by atoms with van der Waals surface area (Å²) in [4.78, 5) is 11.7. The molecule has 0 aliphatic rings. The maximum Gasteiger partial charge on any atom is 0.151 e. The second kappa shape index (κ2) is 5.29. The molecule has 0 spiro atoms. The zero-order valence-corrected chi connectivity index (χ0v) is 8.08. The van der Waals surface area contributed by atoms with Crippen LogP contribution in [-0.4, -0.2) is 65.0 Å². The number of hydrogen-bond donors (Lipinski definition) is 3. The van der Waals surface area contributed by atoms with E-state index in [1.807, 2.05) is 0 Å². The van der Waals surface area contributed by atoms with Crippen LogP contribution in [-0.2, 0) is 4.79 Å². The number of likely N-dealkylation sites (N-methyl/N-ethyl adjacent to an activating group) is 1. The Kier molecular flexibility index (Phi) is 5.09. The van der Waals surface area contributed by atoms with Gasteiger partial charge in [-0.15, -0.1) is 0 Å². The van der Waals surface area contributed by atoms with Crippen LogP contribution >= 0.6 is 0 Å². The highest BCUT2D eigenvalue weighted by molar-refractivity contribution is 5.56. The molecule has 0 saturated carbocycles. The highest BCUT2D eigenvalue weighted by Crippen LogP contribution is 2.08. The maximum absolute atomic E-state index is 10.2. The van der Waals surface area contributed by atoms with Gasteiger partial charge in [0.1, 0.15) is 12.2 Å². The van der Waals surface area contributed by atoms with Crippen LogP contribution in [0.4, 0.5) is 0 Å². The number of nitrogens with zero attached hydrogens (tertiary/aromatic N) is 1. The van der Waals surface area contributed by atoms with Crippen molar-refractivity contribution < 1.29 is 20.1 Å². The molecule has 13 heavy (non-hydrogen) atoms. The molecule has 0 amide bonds. The Balaban J connectivity index is 4.45. The van der Waals surface area contributed by atoms with Crippen molar-refractivity contribution in [3.63, 3.8) is 0 Å². The van der Waals surface area contributed by atoms with Crippen molar-refractivity contribution in [1.29, 1.82) is 0 Å². The molecule has 0 heterocycles. The van der Waals surface area contributed by atoms with E-state index in [-0.39, 0.29) is 6.29 Å². The molecule has 4 atom stereocenters. The van der Waals surface area contributed by atoms with Crippen molar-refractivity contribution in [1.82, 2.24) is 4.90 Å². The van der Waals surface area contributed by atoms with Crippen LogP contribution in [0.25, 0.3) is 0 Å². The van der Waals surface area contributed by atoms with Gasteiger partial charge in [0.05, 0.1) is 12.1 Å². The monoisotopic (exact) mass is 191 g/mol. The van der Waals surface area contributed by atoms with Gasteiger partial charge in [0.2, 0.25) is 0 Å². The molecule has 78 valence electrons. The van der Waals surface area contributed by atoms with E-state index in [0.29, 0.717) is 0 Å². The summed E-state index contributed by atoms with van der Waals surface area (Å²) >= 11 is 0. The van der Waals surface area contributed by atoms with E-state index in [0.717, 1.165) is 0 Å². The molecule has 0 aromatic rings. The molecule has 5 heteroatoms. The van der Waals surface area contributed by atoms with Gasteiger partial charge in [-0.05, 0) is 21.0 Å². The van der Waals surface area contributed by atoms with E-state index in [2.05, 4.69) is 0 Å². The van der Waals surface area contributed by atoms with Crippen molar-refractivity contribution in [2.45, 2.75) is 31.3 Å². The van der Waals surface area contributed by atoms with Crippen molar-refractivity contribution in [2.24, 2.45) is 0 Å². The summed E-state index contributed by atoms with van der Waals surface area (Å²) in [6.07, 6.45) is -3.29. The van der Waals surface area contributed by atoms with Gasteiger partial charge < -0.3 is 25.0 Å². The molecular formula is C8H17NO4. The number of hydrogen-bond acceptors (Lipinski definition) is 5. The predicted octanol–water partition coefficient (Wildman–Crippen LogP) is -1.78. The molecule has 0 saturated heterocycles. The van der Waals surface area contributed by atoms with Crippen LogP contribution in [0.1, 0.15) is 6.92 Å². The van der Waals surface area contributed by atoms with Crippen molar-refractivity contribution in [2.75, 3.05) is 14.1 Å². The van der Waals surface area contributed by atoms with Crippen LogP contribution in [0.15, 0.2) is 0 Å². The molecule has 5 nitrogen and oxygen atoms in total. The van der Waals surface area contributed by atoms with Gasteiger partial charge in [0.25, 0.3) is 0 Å². The van der Waals surface area contributed by atoms with E-state index < -0.39 is 24.4 Å². The van der Waals surface area contributed by atoms with Gasteiger partial charge in [0.15, 0.2) is 6.29 Å². The molecular weight excluding hydrogens is 174 g/mol. The van der Waals surface area contributed by atoms with Gasteiger partial charge in [-0.1, -0.05) is 0 Å². The van der Waals surface area contributed by atoms with Gasteiger partial charge in [-0.3, -0.25) is 0 Å². The lowest BCUT2D eigenvalue weighted by Gasteiger charge is -2.32. The second-order valence-corrected chi connectivity index (χ2v) is 3.31. The summed E-state index contributed by atoms with van der Waals surface area (Å²) in [6.45, 7) is 1.49. The lowest BCUT2D eigenvalue weighted by Crippen LogP contribution is -2.51. The molecule has 0 radical (unpaired) electrons. The minimum absolute atomic E-state index is 0.254. The standard InChI is InChI=1S/C8H17NO4/c1-5(11)7(9(2)3)8(13)6(12)4-10/h4-8,11-13H,1-3H3/t5-,6+,7+,8-/m1/s1. The number of aldehydes is 1. The van der Waals surface area contributed by atoms with Gasteiger partial charge >= 0.3 is 0 Å². The molecule has 0 unspecified atom stereocenters. The first kappa shape index (κ1) is 12.5. The number of rotatable bonds is 5. The Morgan fingerprint density at radius 1 is 1.23 bits per heavy atom. The fourth-order valence-electron chi connectivity index (χ4n) is 1.30. The van der Waals surface area contributed by atoms with Crippen LogP contribution in [0.2, 0.25) is 0 Å². The molecule has 0 fully saturated rings. The molecule has 0 bridgehead atoms. The van der Waals surface area contributed by atoms with Crippen LogP contribution in [0.3, 0.4) is 0 Å². The maximum atomic E-state index is 10.2. The van der Waals surface area contributed by atoms with E-state index >= 15 is 0 Å². The van der Waals surface area contributed by atoms with Gasteiger partial charge in [0, 0.05) is 0 Å². The second-order valence-electron chi connectivity index (χ2n) is 3.31. The number of aliphatic hydroxyl groups is 3. The van der Waals surface area contributed by atoms with Crippen molar-refractivity contribution >= 4 is 6.29 Å². The molecule has 0 aliphatic carbocycles. The number of aliphatic hydroxyl groups excluding tert-OH is 3. The highest BCUT2D eigenvalue weighted by atomic mass is 16.3. The fraction of sp³-hybridized carbons (Fsp3) is 0.875. The van der Waals surface area contributed by atoms with Crippen LogP contribution < -0.4 is 0 Å². The lowest BCUT2D eigenvalue weighted by molar-refractivity contribution is -0.125. The zero-order chi connectivity index (χ0) is 10.6. The van der Waals surface area contributed by atoms with Crippen LogP contribution in [0, 0.1) is 0 Å². The number of carbonyl (C=O) groups excluding carboxylic acids is 1. The summed E-state index contributed by atoms with van der Waals surface area (Å²) in [5.74, 6) is 0. The molecule has 0 rings (SSSR count).